The van der Waals surface area contributed by atoms with Crippen molar-refractivity contribution < 1.29 is 19.1 Å². The first-order chi connectivity index (χ1) is 12.2. The SMILES string of the molecule is CC(C)(C)OC(=O)c1ccc(N2CC3(CCCCNC3=O)CC2=O)nc1. The number of carbonyl (C=O) groups excluding carboxylic acids is 3. The highest BCUT2D eigenvalue weighted by Gasteiger charge is 2.49. The first-order valence-corrected chi connectivity index (χ1v) is 8.98. The molecular weight excluding hydrogens is 334 g/mol. The van der Waals surface area contributed by atoms with Crippen molar-refractivity contribution in [2.24, 2.45) is 5.41 Å². The molecule has 1 N–H and O–H groups in total. The van der Waals surface area contributed by atoms with Gasteiger partial charge >= 0.3 is 5.97 Å². The Morgan fingerprint density at radius 3 is 2.69 bits per heavy atom. The Morgan fingerprint density at radius 1 is 1.27 bits per heavy atom. The molecule has 3 heterocycles. The maximum absolute atomic E-state index is 12.5. The van der Waals surface area contributed by atoms with E-state index in [1.54, 1.807) is 37.8 Å². The van der Waals surface area contributed by atoms with E-state index in [4.69, 9.17) is 4.74 Å². The summed E-state index contributed by atoms with van der Waals surface area (Å²) >= 11 is 0. The van der Waals surface area contributed by atoms with Gasteiger partial charge in [-0.25, -0.2) is 9.78 Å². The first-order valence-electron chi connectivity index (χ1n) is 8.98. The van der Waals surface area contributed by atoms with E-state index < -0.39 is 17.0 Å². The lowest BCUT2D eigenvalue weighted by Gasteiger charge is -2.25. The third kappa shape index (κ3) is 3.71. The molecule has 7 heteroatoms. The molecule has 0 saturated carbocycles. The number of ether oxygens (including phenoxy) is 1. The predicted molar refractivity (Wildman–Crippen MR) is 95.7 cm³/mol. The molecule has 2 fully saturated rings. The van der Waals surface area contributed by atoms with Crippen LogP contribution in [0.2, 0.25) is 0 Å². The predicted octanol–water partition coefficient (Wildman–Crippen LogP) is 2.06. The van der Waals surface area contributed by atoms with Crippen molar-refractivity contribution >= 4 is 23.6 Å². The van der Waals surface area contributed by atoms with Crippen LogP contribution in [0.1, 0.15) is 56.8 Å². The molecular formula is C19H25N3O4. The molecule has 7 nitrogen and oxygen atoms in total. The fourth-order valence-electron chi connectivity index (χ4n) is 3.45. The van der Waals surface area contributed by atoms with E-state index in [-0.39, 0.29) is 18.2 Å². The summed E-state index contributed by atoms with van der Waals surface area (Å²) in [4.78, 5) is 42.9. The van der Waals surface area contributed by atoms with Gasteiger partial charge in [0.25, 0.3) is 0 Å². The van der Waals surface area contributed by atoms with Gasteiger partial charge in [-0.05, 0) is 45.7 Å². The number of hydrogen-bond acceptors (Lipinski definition) is 5. The van der Waals surface area contributed by atoms with Crippen molar-refractivity contribution in [2.75, 3.05) is 18.0 Å². The number of nitrogens with one attached hydrogen (secondary N) is 1. The van der Waals surface area contributed by atoms with Gasteiger partial charge in [0, 0.05) is 25.7 Å². The van der Waals surface area contributed by atoms with E-state index >= 15 is 0 Å². The smallest absolute Gasteiger partial charge is 0.340 e. The van der Waals surface area contributed by atoms with Crippen LogP contribution in [0.5, 0.6) is 0 Å². The molecule has 3 rings (SSSR count). The summed E-state index contributed by atoms with van der Waals surface area (Å²) in [6.07, 6.45) is 4.18. The minimum atomic E-state index is -0.668. The van der Waals surface area contributed by atoms with E-state index in [1.165, 1.54) is 6.20 Å². The number of carbonyl (C=O) groups is 3. The van der Waals surface area contributed by atoms with E-state index in [1.807, 2.05) is 0 Å². The molecule has 140 valence electrons. The summed E-state index contributed by atoms with van der Waals surface area (Å²) in [5.74, 6) is -0.157. The molecule has 1 unspecified atom stereocenters. The minimum absolute atomic E-state index is 0.0452. The van der Waals surface area contributed by atoms with Crippen molar-refractivity contribution in [3.8, 4) is 0 Å². The third-order valence-electron chi connectivity index (χ3n) is 4.76. The fraction of sp³-hybridized carbons (Fsp3) is 0.579. The molecule has 1 aromatic heterocycles. The van der Waals surface area contributed by atoms with Crippen LogP contribution in [-0.4, -0.2) is 41.5 Å². The highest BCUT2D eigenvalue weighted by Crippen LogP contribution is 2.39. The first kappa shape index (κ1) is 18.4. The van der Waals surface area contributed by atoms with Crippen LogP contribution >= 0.6 is 0 Å². The molecule has 2 saturated heterocycles. The Bertz CT molecular complexity index is 723. The van der Waals surface area contributed by atoms with Gasteiger partial charge in [-0.2, -0.15) is 0 Å². The van der Waals surface area contributed by atoms with Crippen molar-refractivity contribution in [1.82, 2.24) is 10.3 Å². The summed E-state index contributed by atoms with van der Waals surface area (Å²) in [6.45, 7) is 6.39. The Hall–Kier alpha value is -2.44. The lowest BCUT2D eigenvalue weighted by atomic mass is 9.82. The van der Waals surface area contributed by atoms with E-state index in [0.717, 1.165) is 12.8 Å². The Kier molecular flexibility index (Phi) is 4.73. The van der Waals surface area contributed by atoms with Crippen LogP contribution in [0.25, 0.3) is 0 Å². The van der Waals surface area contributed by atoms with Gasteiger partial charge < -0.3 is 10.1 Å². The van der Waals surface area contributed by atoms with Crippen LogP contribution in [-0.2, 0) is 14.3 Å². The van der Waals surface area contributed by atoms with Gasteiger partial charge in [0.2, 0.25) is 11.8 Å². The van der Waals surface area contributed by atoms with Crippen molar-refractivity contribution in [1.29, 1.82) is 0 Å². The number of nitrogens with zero attached hydrogens (tertiary/aromatic N) is 2. The Labute approximate surface area is 153 Å². The number of rotatable bonds is 2. The molecule has 0 aromatic carbocycles. The zero-order valence-electron chi connectivity index (χ0n) is 15.5. The van der Waals surface area contributed by atoms with Crippen molar-refractivity contribution in [2.45, 2.75) is 52.1 Å². The van der Waals surface area contributed by atoms with Gasteiger partial charge in [-0.1, -0.05) is 6.42 Å². The van der Waals surface area contributed by atoms with Crippen LogP contribution in [0, 0.1) is 5.41 Å². The molecule has 0 aliphatic carbocycles. The summed E-state index contributed by atoms with van der Waals surface area (Å²) in [5.41, 5.74) is -0.920. The van der Waals surface area contributed by atoms with Gasteiger partial charge in [0.05, 0.1) is 11.0 Å². The highest BCUT2D eigenvalue weighted by atomic mass is 16.6. The second-order valence-electron chi connectivity index (χ2n) is 8.06. The fourth-order valence-corrected chi connectivity index (χ4v) is 3.45. The lowest BCUT2D eigenvalue weighted by Crippen LogP contribution is -2.41. The molecule has 1 atom stereocenters. The van der Waals surface area contributed by atoms with E-state index in [0.29, 0.717) is 30.9 Å². The lowest BCUT2D eigenvalue weighted by molar-refractivity contribution is -0.131. The van der Waals surface area contributed by atoms with Crippen LogP contribution < -0.4 is 10.2 Å². The topological polar surface area (TPSA) is 88.6 Å². The van der Waals surface area contributed by atoms with Gasteiger partial charge in [-0.3, -0.25) is 14.5 Å². The van der Waals surface area contributed by atoms with Crippen molar-refractivity contribution in [3.05, 3.63) is 23.9 Å². The molecule has 1 aromatic rings. The number of anilines is 1. The monoisotopic (exact) mass is 359 g/mol. The second kappa shape index (κ2) is 6.70. The maximum Gasteiger partial charge on any atom is 0.340 e. The molecule has 2 amide bonds. The molecule has 0 bridgehead atoms. The standard InChI is InChI=1S/C19H25N3O4/c1-18(2,3)26-16(24)13-6-7-14(21-11-13)22-12-19(10-15(22)23)8-4-5-9-20-17(19)25/h6-7,11H,4-5,8-10,12H2,1-3H3,(H,20,25). The molecule has 2 aliphatic rings. The van der Waals surface area contributed by atoms with Crippen LogP contribution in [0.15, 0.2) is 18.3 Å². The van der Waals surface area contributed by atoms with Gasteiger partial charge in [0.15, 0.2) is 0 Å². The number of amides is 2. The quantitative estimate of drug-likeness (QED) is 0.817. The second-order valence-corrected chi connectivity index (χ2v) is 8.06. The highest BCUT2D eigenvalue weighted by molar-refractivity contribution is 6.02. The molecule has 0 radical (unpaired) electrons. The number of aromatic nitrogens is 1. The third-order valence-corrected chi connectivity index (χ3v) is 4.76. The summed E-state index contributed by atoms with van der Waals surface area (Å²) in [5, 5.41) is 2.92. The van der Waals surface area contributed by atoms with E-state index in [2.05, 4.69) is 10.3 Å². The molecule has 1 spiro atoms. The van der Waals surface area contributed by atoms with Gasteiger partial charge in [-0.15, -0.1) is 0 Å². The summed E-state index contributed by atoms with van der Waals surface area (Å²) < 4.78 is 5.32. The molecule has 2 aliphatic heterocycles. The average molecular weight is 359 g/mol. The minimum Gasteiger partial charge on any atom is -0.456 e. The van der Waals surface area contributed by atoms with Crippen LogP contribution in [0.4, 0.5) is 5.82 Å². The number of esters is 1. The maximum atomic E-state index is 12.5. The van der Waals surface area contributed by atoms with E-state index in [9.17, 15) is 14.4 Å². The average Bonchev–Trinajstić information content (AvgIpc) is 2.80. The Balaban J connectivity index is 1.76. The normalized spacial score (nSPS) is 23.7. The van der Waals surface area contributed by atoms with Gasteiger partial charge in [0.1, 0.15) is 11.4 Å². The van der Waals surface area contributed by atoms with Crippen molar-refractivity contribution in [3.63, 3.8) is 0 Å². The number of pyridine rings is 1. The summed E-state index contributed by atoms with van der Waals surface area (Å²) in [7, 11) is 0. The molecule has 26 heavy (non-hydrogen) atoms. The zero-order chi connectivity index (χ0) is 18.9. The Morgan fingerprint density at radius 2 is 2.04 bits per heavy atom. The summed E-state index contributed by atoms with van der Waals surface area (Å²) in [6, 6.07) is 3.23. The number of hydrogen-bond donors (Lipinski definition) is 1. The van der Waals surface area contributed by atoms with Crippen LogP contribution in [0.3, 0.4) is 0 Å². The zero-order valence-corrected chi connectivity index (χ0v) is 15.5. The largest absolute Gasteiger partial charge is 0.456 e.